The quantitative estimate of drug-likeness (QED) is 0.0308. The van der Waals surface area contributed by atoms with Crippen LogP contribution in [-0.2, 0) is 41.7 Å². The SMILES string of the molecule is C[C@H](NC(=O)CCCCCN1C(=O)C=CC1=O)C(=O)N[C@@H](Cc1ccccc1)C(=O)Nc1ccc(COC(=O)Nc2ccc3c4c(cccc24)C(=O)N(CCN(C)CCCN(C)CCN2C(=O)c4cccc5c(-n6ccnc6)ccc(c45)C2=O)C3=O)cc1. The maximum atomic E-state index is 14.0. The molecule has 0 fully saturated rings. The van der Waals surface area contributed by atoms with Crippen molar-refractivity contribution in [3.63, 3.8) is 0 Å². The molecule has 10 rings (SSSR count). The average Bonchev–Trinajstić information content (AvgIpc) is 1.54. The summed E-state index contributed by atoms with van der Waals surface area (Å²) in [6.45, 7) is 4.23. The molecule has 22 heteroatoms. The van der Waals surface area contributed by atoms with Crippen molar-refractivity contribution in [2.75, 3.05) is 70.5 Å². The van der Waals surface area contributed by atoms with E-state index in [9.17, 15) is 47.9 Å². The lowest BCUT2D eigenvalue weighted by molar-refractivity contribution is -0.137. The molecule has 10 amide bonds. The molecule has 0 unspecified atom stereocenters. The maximum Gasteiger partial charge on any atom is 0.411 e. The van der Waals surface area contributed by atoms with E-state index >= 15 is 0 Å². The summed E-state index contributed by atoms with van der Waals surface area (Å²) in [6, 6.07) is 31.2. The molecule has 7 aromatic rings. The molecule has 2 atom stereocenters. The largest absolute Gasteiger partial charge is 0.444 e. The number of amides is 10. The van der Waals surface area contributed by atoms with E-state index in [0.29, 0.717) is 101 Å². The molecule has 452 valence electrons. The summed E-state index contributed by atoms with van der Waals surface area (Å²) in [5.41, 5.74) is 4.59. The Balaban J connectivity index is 0.659. The number of nitrogens with zero attached hydrogens (tertiary/aromatic N) is 7. The molecule has 3 aliphatic heterocycles. The fourth-order valence-electron chi connectivity index (χ4n) is 11.1. The van der Waals surface area contributed by atoms with E-state index in [1.54, 1.807) is 79.3 Å². The molecule has 22 nitrogen and oxygen atoms in total. The first kappa shape index (κ1) is 60.9. The summed E-state index contributed by atoms with van der Waals surface area (Å²) in [6.07, 6.45) is 9.50. The van der Waals surface area contributed by atoms with Crippen LogP contribution in [0.25, 0.3) is 27.2 Å². The Morgan fingerprint density at radius 3 is 1.78 bits per heavy atom. The number of carbonyl (C=O) groups excluding carboxylic acids is 10. The van der Waals surface area contributed by atoms with Crippen molar-refractivity contribution in [2.24, 2.45) is 0 Å². The van der Waals surface area contributed by atoms with Gasteiger partial charge in [-0.2, -0.15) is 0 Å². The number of aromatic nitrogens is 2. The highest BCUT2D eigenvalue weighted by Gasteiger charge is 2.36. The minimum absolute atomic E-state index is 0.130. The number of imide groups is 3. The van der Waals surface area contributed by atoms with Gasteiger partial charge in [0.15, 0.2) is 0 Å². The lowest BCUT2D eigenvalue weighted by atomic mass is 9.93. The van der Waals surface area contributed by atoms with E-state index < -0.39 is 41.8 Å². The minimum atomic E-state index is -1.02. The number of ether oxygens (including phenoxy) is 1. The van der Waals surface area contributed by atoms with Crippen LogP contribution >= 0.6 is 0 Å². The van der Waals surface area contributed by atoms with Crippen LogP contribution in [0.3, 0.4) is 0 Å². The Morgan fingerprint density at radius 2 is 1.16 bits per heavy atom. The Kier molecular flexibility index (Phi) is 19.0. The summed E-state index contributed by atoms with van der Waals surface area (Å²) < 4.78 is 7.43. The van der Waals surface area contributed by atoms with Crippen molar-refractivity contribution >= 4 is 92.2 Å². The Hall–Kier alpha value is -10.2. The molecule has 0 saturated carbocycles. The van der Waals surface area contributed by atoms with Crippen LogP contribution in [0.4, 0.5) is 16.2 Å². The van der Waals surface area contributed by atoms with Gasteiger partial charge in [-0.1, -0.05) is 73.2 Å². The van der Waals surface area contributed by atoms with Crippen LogP contribution in [0.1, 0.15) is 91.6 Å². The first-order valence-corrected chi connectivity index (χ1v) is 29.2. The third-order valence-corrected chi connectivity index (χ3v) is 15.9. The molecular weight excluding hydrogens is 1120 g/mol. The number of anilines is 2. The van der Waals surface area contributed by atoms with E-state index in [4.69, 9.17) is 4.74 Å². The summed E-state index contributed by atoms with van der Waals surface area (Å²) >= 11 is 0. The zero-order valence-corrected chi connectivity index (χ0v) is 49.0. The van der Waals surface area contributed by atoms with E-state index in [-0.39, 0.29) is 68.6 Å². The zero-order chi connectivity index (χ0) is 62.0. The number of nitrogens with one attached hydrogen (secondary N) is 4. The van der Waals surface area contributed by atoms with Crippen LogP contribution < -0.4 is 21.3 Å². The monoisotopic (exact) mass is 1190 g/mol. The Morgan fingerprint density at radius 1 is 0.557 bits per heavy atom. The molecule has 4 heterocycles. The van der Waals surface area contributed by atoms with Crippen LogP contribution in [0.2, 0.25) is 0 Å². The smallest absolute Gasteiger partial charge is 0.411 e. The predicted molar refractivity (Wildman–Crippen MR) is 328 cm³/mol. The van der Waals surface area contributed by atoms with Gasteiger partial charge in [0.1, 0.15) is 18.7 Å². The first-order valence-electron chi connectivity index (χ1n) is 29.2. The van der Waals surface area contributed by atoms with E-state index in [0.717, 1.165) is 28.0 Å². The number of carbonyl (C=O) groups is 10. The molecule has 0 bridgehead atoms. The van der Waals surface area contributed by atoms with Crippen LogP contribution in [-0.4, -0.2) is 165 Å². The average molecular weight is 1190 g/mol. The van der Waals surface area contributed by atoms with Gasteiger partial charge in [0.25, 0.3) is 35.4 Å². The van der Waals surface area contributed by atoms with E-state index in [1.807, 2.05) is 78.3 Å². The van der Waals surface area contributed by atoms with E-state index in [1.165, 1.54) is 28.9 Å². The number of likely N-dealkylation sites (N-methyl/N-ethyl adjacent to an activating group) is 2. The van der Waals surface area contributed by atoms with Crippen molar-refractivity contribution in [1.29, 1.82) is 0 Å². The molecule has 0 radical (unpaired) electrons. The fraction of sp³-hybridized carbons (Fsp3) is 0.288. The molecule has 1 aromatic heterocycles. The highest BCUT2D eigenvalue weighted by Crippen LogP contribution is 2.36. The number of unbranched alkanes of at least 4 members (excludes halogenated alkanes) is 2. The molecular formula is C66H67N11O11. The van der Waals surface area contributed by atoms with Gasteiger partial charge in [0, 0.05) is 120 Å². The van der Waals surface area contributed by atoms with Crippen LogP contribution in [0, 0.1) is 0 Å². The number of benzene rings is 6. The van der Waals surface area contributed by atoms with Crippen molar-refractivity contribution < 1.29 is 52.7 Å². The molecule has 0 saturated heterocycles. The predicted octanol–water partition coefficient (Wildman–Crippen LogP) is 6.73. The van der Waals surface area contributed by atoms with Crippen molar-refractivity contribution in [3.8, 4) is 5.69 Å². The second-order valence-electron chi connectivity index (χ2n) is 22.1. The van der Waals surface area contributed by atoms with Crippen LogP contribution in [0.5, 0.6) is 0 Å². The highest BCUT2D eigenvalue weighted by molar-refractivity contribution is 6.28. The minimum Gasteiger partial charge on any atom is -0.444 e. The van der Waals surface area contributed by atoms with Gasteiger partial charge < -0.3 is 35.1 Å². The van der Waals surface area contributed by atoms with Gasteiger partial charge in [-0.25, -0.2) is 9.78 Å². The van der Waals surface area contributed by atoms with Gasteiger partial charge in [-0.15, -0.1) is 0 Å². The molecule has 0 aliphatic carbocycles. The number of imidazole rings is 1. The standard InChI is InChI=1S/C66H67N11O11/c1-42(68-55(78)19-8-5-9-33-75-56(79)28-29-57(75)80)60(81)70-53(39-43-13-6-4-7-14-43)61(82)69-45-22-20-44(21-23-45)40-88-66(87)71-52-26-24-50-58-46(52)15-10-17-48(58)62(83)76(64(50)85)37-35-72(2)31-12-32-73(3)36-38-77-63(84)49-18-11-16-47-54(74-34-30-67-41-74)27-25-51(59(47)49)65(77)86/h4,6-7,10-11,13-18,20-30,34,41-42,53H,5,8-9,12,19,31-33,35-40H2,1-3H3,(H,68,78)(H,69,82)(H,70,81)(H,71,87)/t42-,53-/m0/s1. The summed E-state index contributed by atoms with van der Waals surface area (Å²) in [7, 11) is 3.86. The lowest BCUT2D eigenvalue weighted by Gasteiger charge is -2.30. The van der Waals surface area contributed by atoms with E-state index in [2.05, 4.69) is 31.2 Å². The topological polar surface area (TPSA) is 262 Å². The Labute approximate surface area is 507 Å². The highest BCUT2D eigenvalue weighted by atomic mass is 16.5. The van der Waals surface area contributed by atoms with Gasteiger partial charge in [-0.3, -0.25) is 63.2 Å². The number of rotatable bonds is 27. The molecule has 6 aromatic carbocycles. The second kappa shape index (κ2) is 27.5. The Bertz CT molecular complexity index is 3830. The molecule has 3 aliphatic rings. The summed E-state index contributed by atoms with van der Waals surface area (Å²) in [4.78, 5) is 144. The van der Waals surface area contributed by atoms with Crippen molar-refractivity contribution in [2.45, 2.75) is 64.1 Å². The van der Waals surface area contributed by atoms with Gasteiger partial charge in [0.2, 0.25) is 17.7 Å². The molecule has 4 N–H and O–H groups in total. The second-order valence-corrected chi connectivity index (χ2v) is 22.1. The third-order valence-electron chi connectivity index (χ3n) is 15.9. The third kappa shape index (κ3) is 13.9. The van der Waals surface area contributed by atoms with Crippen LogP contribution in [0.15, 0.2) is 146 Å². The summed E-state index contributed by atoms with van der Waals surface area (Å²) in [5.74, 6) is -3.68. The number of hydrogen-bond donors (Lipinski definition) is 4. The fourth-order valence-corrected chi connectivity index (χ4v) is 11.1. The zero-order valence-electron chi connectivity index (χ0n) is 49.0. The molecule has 88 heavy (non-hydrogen) atoms. The van der Waals surface area contributed by atoms with Crippen molar-refractivity contribution in [3.05, 3.63) is 180 Å². The summed E-state index contributed by atoms with van der Waals surface area (Å²) in [5, 5.41) is 13.4. The van der Waals surface area contributed by atoms with Gasteiger partial charge in [-0.05, 0) is 113 Å². The van der Waals surface area contributed by atoms with Gasteiger partial charge in [0.05, 0.1) is 17.7 Å². The van der Waals surface area contributed by atoms with Gasteiger partial charge >= 0.3 is 6.09 Å². The van der Waals surface area contributed by atoms with Crippen molar-refractivity contribution in [1.82, 2.24) is 44.7 Å². The molecule has 0 spiro atoms. The maximum absolute atomic E-state index is 14.0. The first-order chi connectivity index (χ1) is 42.5. The lowest BCUT2D eigenvalue weighted by Crippen LogP contribution is -2.52. The number of hydrogen-bond acceptors (Lipinski definition) is 14. The normalized spacial score (nSPS) is 14.4.